The summed E-state index contributed by atoms with van der Waals surface area (Å²) in [6.45, 7) is 8.29. The van der Waals surface area contributed by atoms with Crippen molar-refractivity contribution in [1.29, 1.82) is 0 Å². The SMILES string of the molecule is CCN(CC)[C@@]1(CC)[C@@H](O)[C@H](O)[C@@H](CO)OC1(O)CC. The fraction of sp³-hybridized carbons (Fsp3) is 1.00. The van der Waals surface area contributed by atoms with Gasteiger partial charge in [-0.05, 0) is 19.5 Å². The van der Waals surface area contributed by atoms with Gasteiger partial charge in [0.2, 0.25) is 0 Å². The van der Waals surface area contributed by atoms with E-state index in [-0.39, 0.29) is 6.42 Å². The molecule has 4 N–H and O–H groups in total. The molecular formula is C14H29NO5. The van der Waals surface area contributed by atoms with Crippen LogP contribution in [0.3, 0.4) is 0 Å². The lowest BCUT2D eigenvalue weighted by Gasteiger charge is -2.59. The van der Waals surface area contributed by atoms with E-state index in [1.165, 1.54) is 0 Å². The average molecular weight is 291 g/mol. The van der Waals surface area contributed by atoms with Crippen LogP contribution in [0.1, 0.15) is 40.5 Å². The minimum Gasteiger partial charge on any atom is -0.394 e. The van der Waals surface area contributed by atoms with Crippen molar-refractivity contribution in [3.8, 4) is 0 Å². The molecule has 1 saturated heterocycles. The molecule has 5 atom stereocenters. The van der Waals surface area contributed by atoms with Crippen molar-refractivity contribution >= 4 is 0 Å². The van der Waals surface area contributed by atoms with Crippen LogP contribution in [0.25, 0.3) is 0 Å². The largest absolute Gasteiger partial charge is 0.394 e. The molecule has 1 aliphatic rings. The topological polar surface area (TPSA) is 93.4 Å². The molecule has 120 valence electrons. The normalized spacial score (nSPS) is 42.1. The van der Waals surface area contributed by atoms with Crippen LogP contribution in [0.4, 0.5) is 0 Å². The van der Waals surface area contributed by atoms with Gasteiger partial charge in [-0.15, -0.1) is 0 Å². The molecule has 0 aromatic carbocycles. The zero-order valence-electron chi connectivity index (χ0n) is 12.9. The fourth-order valence-corrected chi connectivity index (χ4v) is 3.60. The Morgan fingerprint density at radius 3 is 1.95 bits per heavy atom. The van der Waals surface area contributed by atoms with Crippen LogP contribution in [-0.2, 0) is 4.74 Å². The van der Waals surface area contributed by atoms with Gasteiger partial charge in [0, 0.05) is 6.42 Å². The summed E-state index contributed by atoms with van der Waals surface area (Å²) < 4.78 is 5.60. The van der Waals surface area contributed by atoms with Crippen LogP contribution in [0, 0.1) is 0 Å². The van der Waals surface area contributed by atoms with Gasteiger partial charge in [-0.1, -0.05) is 27.7 Å². The Hall–Kier alpha value is -0.240. The number of ether oxygens (including phenoxy) is 1. The Morgan fingerprint density at radius 2 is 1.60 bits per heavy atom. The smallest absolute Gasteiger partial charge is 0.187 e. The minimum absolute atomic E-state index is 0.262. The van der Waals surface area contributed by atoms with Crippen molar-refractivity contribution in [1.82, 2.24) is 4.90 Å². The van der Waals surface area contributed by atoms with Gasteiger partial charge < -0.3 is 25.2 Å². The first kappa shape index (κ1) is 17.8. The fourth-order valence-electron chi connectivity index (χ4n) is 3.60. The molecule has 0 saturated carbocycles. The molecule has 20 heavy (non-hydrogen) atoms. The first-order chi connectivity index (χ1) is 9.38. The van der Waals surface area contributed by atoms with Crippen LogP contribution < -0.4 is 0 Å². The van der Waals surface area contributed by atoms with Crippen molar-refractivity contribution in [2.75, 3.05) is 19.7 Å². The number of hydrogen-bond donors (Lipinski definition) is 4. The van der Waals surface area contributed by atoms with Crippen LogP contribution in [0.2, 0.25) is 0 Å². The first-order valence-corrected chi connectivity index (χ1v) is 7.50. The molecule has 0 amide bonds. The van der Waals surface area contributed by atoms with Crippen LogP contribution in [-0.4, -0.2) is 74.7 Å². The monoisotopic (exact) mass is 291 g/mol. The summed E-state index contributed by atoms with van der Waals surface area (Å²) in [5, 5.41) is 41.1. The third kappa shape index (κ3) is 2.38. The van der Waals surface area contributed by atoms with E-state index in [0.29, 0.717) is 19.5 Å². The second kappa shape index (κ2) is 6.68. The molecule has 1 heterocycles. The second-order valence-corrected chi connectivity index (χ2v) is 5.36. The van der Waals surface area contributed by atoms with Crippen LogP contribution in [0.5, 0.6) is 0 Å². The van der Waals surface area contributed by atoms with Crippen molar-refractivity contribution < 1.29 is 25.2 Å². The van der Waals surface area contributed by atoms with Gasteiger partial charge in [-0.2, -0.15) is 0 Å². The minimum atomic E-state index is -1.61. The van der Waals surface area contributed by atoms with Crippen LogP contribution in [0.15, 0.2) is 0 Å². The van der Waals surface area contributed by atoms with E-state index in [1.807, 2.05) is 25.7 Å². The predicted molar refractivity (Wildman–Crippen MR) is 75.2 cm³/mol. The molecule has 0 aromatic rings. The Morgan fingerprint density at radius 1 is 1.05 bits per heavy atom. The lowest BCUT2D eigenvalue weighted by Crippen LogP contribution is -2.78. The second-order valence-electron chi connectivity index (χ2n) is 5.36. The van der Waals surface area contributed by atoms with E-state index in [2.05, 4.69) is 0 Å². The van der Waals surface area contributed by atoms with E-state index in [0.717, 1.165) is 0 Å². The molecule has 0 aromatic heterocycles. The summed E-state index contributed by atoms with van der Waals surface area (Å²) in [6, 6.07) is 0. The molecule has 0 aliphatic carbocycles. The third-order valence-corrected chi connectivity index (χ3v) is 4.74. The lowest BCUT2D eigenvalue weighted by atomic mass is 9.72. The van der Waals surface area contributed by atoms with Crippen molar-refractivity contribution in [3.05, 3.63) is 0 Å². The Labute approximate surface area is 121 Å². The van der Waals surface area contributed by atoms with Gasteiger partial charge >= 0.3 is 0 Å². The van der Waals surface area contributed by atoms with Crippen LogP contribution >= 0.6 is 0 Å². The molecule has 6 nitrogen and oxygen atoms in total. The molecule has 0 spiro atoms. The molecule has 1 fully saturated rings. The van der Waals surface area contributed by atoms with Gasteiger partial charge in [0.05, 0.1) is 6.61 Å². The quantitative estimate of drug-likeness (QED) is 0.536. The van der Waals surface area contributed by atoms with E-state index in [1.54, 1.807) is 6.92 Å². The molecule has 6 heteroatoms. The predicted octanol–water partition coefficient (Wildman–Crippen LogP) is -0.312. The van der Waals surface area contributed by atoms with Gasteiger partial charge in [0.1, 0.15) is 23.9 Å². The van der Waals surface area contributed by atoms with E-state index in [9.17, 15) is 20.4 Å². The molecule has 0 bridgehead atoms. The van der Waals surface area contributed by atoms with Gasteiger partial charge in [0.15, 0.2) is 5.79 Å². The van der Waals surface area contributed by atoms with Gasteiger partial charge in [0.25, 0.3) is 0 Å². The zero-order chi connectivity index (χ0) is 15.6. The highest BCUT2D eigenvalue weighted by atomic mass is 16.6. The standard InChI is InChI=1S/C14H29NO5/c1-5-13(15(7-3)8-4)12(18)11(17)10(9-16)20-14(13,19)6-2/h10-12,16-19H,5-9H2,1-4H3/t10-,11-,12+,13+,14?/m1/s1. The third-order valence-electron chi connectivity index (χ3n) is 4.74. The van der Waals surface area contributed by atoms with Crippen molar-refractivity contribution in [2.24, 2.45) is 0 Å². The highest BCUT2D eigenvalue weighted by Crippen LogP contribution is 2.44. The molecule has 0 radical (unpaired) electrons. The maximum absolute atomic E-state index is 11.0. The number of hydrogen-bond acceptors (Lipinski definition) is 6. The Balaban J connectivity index is 3.35. The molecule has 1 aliphatic heterocycles. The van der Waals surface area contributed by atoms with Crippen molar-refractivity contribution in [2.45, 2.75) is 70.2 Å². The van der Waals surface area contributed by atoms with Gasteiger partial charge in [-0.3, -0.25) is 4.90 Å². The first-order valence-electron chi connectivity index (χ1n) is 7.50. The molecular weight excluding hydrogens is 262 g/mol. The Bertz CT molecular complexity index is 312. The van der Waals surface area contributed by atoms with E-state index < -0.39 is 36.2 Å². The number of aliphatic hydroxyl groups excluding tert-OH is 3. The molecule has 1 unspecified atom stereocenters. The number of rotatable bonds is 6. The van der Waals surface area contributed by atoms with Gasteiger partial charge in [-0.25, -0.2) is 0 Å². The van der Waals surface area contributed by atoms with Crippen molar-refractivity contribution in [3.63, 3.8) is 0 Å². The number of nitrogens with zero attached hydrogens (tertiary/aromatic N) is 1. The summed E-state index contributed by atoms with van der Waals surface area (Å²) >= 11 is 0. The summed E-state index contributed by atoms with van der Waals surface area (Å²) in [6.07, 6.45) is -2.71. The average Bonchev–Trinajstić information content (AvgIpc) is 2.47. The zero-order valence-corrected chi connectivity index (χ0v) is 12.9. The maximum atomic E-state index is 11.0. The lowest BCUT2D eigenvalue weighted by molar-refractivity contribution is -0.371. The highest BCUT2D eigenvalue weighted by molar-refractivity contribution is 5.12. The Kier molecular flexibility index (Phi) is 5.95. The molecule has 1 rings (SSSR count). The summed E-state index contributed by atoms with van der Waals surface area (Å²) in [5.74, 6) is -1.61. The summed E-state index contributed by atoms with van der Waals surface area (Å²) in [7, 11) is 0. The van der Waals surface area contributed by atoms with E-state index in [4.69, 9.17) is 4.74 Å². The maximum Gasteiger partial charge on any atom is 0.187 e. The highest BCUT2D eigenvalue weighted by Gasteiger charge is 2.63. The summed E-state index contributed by atoms with van der Waals surface area (Å²) in [5.41, 5.74) is -1.09. The number of aliphatic hydroxyl groups is 4. The van der Waals surface area contributed by atoms with E-state index >= 15 is 0 Å². The summed E-state index contributed by atoms with van der Waals surface area (Å²) in [4.78, 5) is 1.93. The number of likely N-dealkylation sites (N-methyl/N-ethyl adjacent to an activating group) is 1.